The smallest absolute Gasteiger partial charge is 0.271 e. The van der Waals surface area contributed by atoms with Crippen molar-refractivity contribution in [3.05, 3.63) is 50.6 Å². The van der Waals surface area contributed by atoms with Gasteiger partial charge in [-0.3, -0.25) is 4.79 Å². The third-order valence-corrected chi connectivity index (χ3v) is 5.71. The van der Waals surface area contributed by atoms with Crippen molar-refractivity contribution < 1.29 is 9.53 Å². The van der Waals surface area contributed by atoms with Gasteiger partial charge in [-0.1, -0.05) is 0 Å². The Morgan fingerprint density at radius 1 is 1.21 bits per heavy atom. The molecule has 0 aliphatic heterocycles. The van der Waals surface area contributed by atoms with Crippen molar-refractivity contribution in [1.29, 1.82) is 0 Å². The number of hydrogen-bond acceptors (Lipinski definition) is 4. The number of carbonyl (C=O) groups excluding carboxylic acids is 1. The summed E-state index contributed by atoms with van der Waals surface area (Å²) in [6.45, 7) is 1.87. The van der Waals surface area contributed by atoms with Crippen LogP contribution in [0.5, 0.6) is 5.75 Å². The van der Waals surface area contributed by atoms with Crippen LogP contribution in [0.3, 0.4) is 0 Å². The van der Waals surface area contributed by atoms with Gasteiger partial charge in [0.05, 0.1) is 20.5 Å². The highest BCUT2D eigenvalue weighted by Gasteiger charge is 2.16. The minimum Gasteiger partial charge on any atom is -0.490 e. The Balaban J connectivity index is 1.58. The second-order valence-electron chi connectivity index (χ2n) is 5.79. The third-order valence-electron chi connectivity index (χ3n) is 3.98. The highest BCUT2D eigenvalue weighted by molar-refractivity contribution is 9.11. The number of benzene rings is 1. The second kappa shape index (κ2) is 7.94. The zero-order valence-corrected chi connectivity index (χ0v) is 15.8. The molecule has 0 unspecified atom stereocenters. The lowest BCUT2D eigenvalue weighted by Gasteiger charge is -2.13. The van der Waals surface area contributed by atoms with Crippen LogP contribution >= 0.6 is 27.3 Å². The molecule has 6 heteroatoms. The summed E-state index contributed by atoms with van der Waals surface area (Å²) in [7, 11) is 0. The van der Waals surface area contributed by atoms with Crippen molar-refractivity contribution in [3.8, 4) is 5.75 Å². The van der Waals surface area contributed by atoms with Crippen molar-refractivity contribution >= 4 is 38.9 Å². The number of hydrogen-bond donors (Lipinski definition) is 1. The van der Waals surface area contributed by atoms with Crippen LogP contribution in [0.25, 0.3) is 0 Å². The average molecular weight is 407 g/mol. The standard InChI is InChI=1S/C18H19BrN2O2S/c1-12(16-10-11-17(19)24-16)20-21-18(22)13-6-8-15(9-7-13)23-14-4-2-3-5-14/h6-11,14H,2-5H2,1H3,(H,21,22)/b20-12+. The minimum atomic E-state index is -0.225. The summed E-state index contributed by atoms with van der Waals surface area (Å²) >= 11 is 5.00. The fourth-order valence-corrected chi connectivity index (χ4v) is 3.98. The lowest BCUT2D eigenvalue weighted by atomic mass is 10.2. The van der Waals surface area contributed by atoms with E-state index in [-0.39, 0.29) is 5.91 Å². The van der Waals surface area contributed by atoms with Gasteiger partial charge in [0.1, 0.15) is 5.75 Å². The molecule has 1 aliphatic rings. The summed E-state index contributed by atoms with van der Waals surface area (Å²) in [5.74, 6) is 0.596. The molecule has 4 nitrogen and oxygen atoms in total. The lowest BCUT2D eigenvalue weighted by molar-refractivity contribution is 0.0955. The van der Waals surface area contributed by atoms with Crippen LogP contribution in [-0.4, -0.2) is 17.7 Å². The molecule has 1 amide bonds. The Morgan fingerprint density at radius 2 is 1.92 bits per heavy atom. The summed E-state index contributed by atoms with van der Waals surface area (Å²) in [4.78, 5) is 13.2. The fraction of sp³-hybridized carbons (Fsp3) is 0.333. The molecule has 1 aromatic carbocycles. The second-order valence-corrected chi connectivity index (χ2v) is 8.25. The van der Waals surface area contributed by atoms with Gasteiger partial charge in [-0.2, -0.15) is 5.10 Å². The predicted molar refractivity (Wildman–Crippen MR) is 101 cm³/mol. The summed E-state index contributed by atoms with van der Waals surface area (Å²) in [5.41, 5.74) is 3.94. The molecule has 0 spiro atoms. The number of halogens is 1. The number of rotatable bonds is 5. The molecule has 0 radical (unpaired) electrons. The van der Waals surface area contributed by atoms with Crippen molar-refractivity contribution in [2.45, 2.75) is 38.7 Å². The first-order valence-corrected chi connectivity index (χ1v) is 9.60. The van der Waals surface area contributed by atoms with Gasteiger partial charge in [0.2, 0.25) is 0 Å². The van der Waals surface area contributed by atoms with E-state index in [9.17, 15) is 4.79 Å². The van der Waals surface area contributed by atoms with E-state index in [1.54, 1.807) is 23.5 Å². The van der Waals surface area contributed by atoms with E-state index in [0.717, 1.165) is 33.0 Å². The summed E-state index contributed by atoms with van der Waals surface area (Å²) in [6.07, 6.45) is 5.04. The highest BCUT2D eigenvalue weighted by Crippen LogP contribution is 2.24. The van der Waals surface area contributed by atoms with Crippen LogP contribution in [0, 0.1) is 0 Å². The molecular formula is C18H19BrN2O2S. The quantitative estimate of drug-likeness (QED) is 0.561. The predicted octanol–water partition coefficient (Wildman–Crippen LogP) is 4.99. The van der Waals surface area contributed by atoms with Crippen molar-refractivity contribution in [3.63, 3.8) is 0 Å². The number of nitrogens with one attached hydrogen (secondary N) is 1. The van der Waals surface area contributed by atoms with E-state index in [0.29, 0.717) is 11.7 Å². The van der Waals surface area contributed by atoms with Gasteiger partial charge in [0, 0.05) is 5.56 Å². The van der Waals surface area contributed by atoms with Gasteiger partial charge < -0.3 is 4.74 Å². The molecule has 0 saturated heterocycles. The molecule has 24 heavy (non-hydrogen) atoms. The first kappa shape index (κ1) is 17.2. The SMILES string of the molecule is C/C(=N\NC(=O)c1ccc(OC2CCCC2)cc1)c1ccc(Br)s1. The number of ether oxygens (including phenoxy) is 1. The first-order chi connectivity index (χ1) is 11.6. The molecule has 1 heterocycles. The van der Waals surface area contributed by atoms with Crippen LogP contribution in [-0.2, 0) is 0 Å². The average Bonchev–Trinajstić information content (AvgIpc) is 3.24. The van der Waals surface area contributed by atoms with Gasteiger partial charge in [-0.25, -0.2) is 5.43 Å². The Bertz CT molecular complexity index is 734. The zero-order chi connectivity index (χ0) is 16.9. The Hall–Kier alpha value is -1.66. The first-order valence-electron chi connectivity index (χ1n) is 7.99. The maximum absolute atomic E-state index is 12.2. The van der Waals surface area contributed by atoms with Gasteiger partial charge in [-0.15, -0.1) is 11.3 Å². The molecular weight excluding hydrogens is 388 g/mol. The van der Waals surface area contributed by atoms with E-state index in [4.69, 9.17) is 4.74 Å². The van der Waals surface area contributed by atoms with Gasteiger partial charge in [0.25, 0.3) is 5.91 Å². The van der Waals surface area contributed by atoms with E-state index < -0.39 is 0 Å². The van der Waals surface area contributed by atoms with Crippen LogP contribution in [0.1, 0.15) is 47.8 Å². The number of thiophene rings is 1. The van der Waals surface area contributed by atoms with Crippen molar-refractivity contribution in [1.82, 2.24) is 5.43 Å². The molecule has 1 N–H and O–H groups in total. The van der Waals surface area contributed by atoms with Crippen LogP contribution in [0.15, 0.2) is 45.3 Å². The molecule has 3 rings (SSSR count). The molecule has 126 valence electrons. The van der Waals surface area contributed by atoms with Gasteiger partial charge in [0.15, 0.2) is 0 Å². The van der Waals surface area contributed by atoms with E-state index in [1.807, 2.05) is 31.2 Å². The van der Waals surface area contributed by atoms with E-state index >= 15 is 0 Å². The Kier molecular flexibility index (Phi) is 5.68. The molecule has 1 aromatic heterocycles. The number of hydrazone groups is 1. The van der Waals surface area contributed by atoms with Crippen LogP contribution in [0.2, 0.25) is 0 Å². The topological polar surface area (TPSA) is 50.7 Å². The molecule has 1 saturated carbocycles. The monoisotopic (exact) mass is 406 g/mol. The largest absolute Gasteiger partial charge is 0.490 e. The van der Waals surface area contributed by atoms with Crippen LogP contribution < -0.4 is 10.2 Å². The van der Waals surface area contributed by atoms with Crippen LogP contribution in [0.4, 0.5) is 0 Å². The lowest BCUT2D eigenvalue weighted by Crippen LogP contribution is -2.19. The highest BCUT2D eigenvalue weighted by atomic mass is 79.9. The summed E-state index contributed by atoms with van der Waals surface area (Å²) in [5, 5.41) is 4.17. The normalized spacial score (nSPS) is 15.5. The molecule has 0 atom stereocenters. The summed E-state index contributed by atoms with van der Waals surface area (Å²) in [6, 6.07) is 11.2. The molecule has 2 aromatic rings. The maximum atomic E-state index is 12.2. The molecule has 0 bridgehead atoms. The Labute approximate surface area is 154 Å². The number of amides is 1. The summed E-state index contributed by atoms with van der Waals surface area (Å²) < 4.78 is 6.94. The third kappa shape index (κ3) is 4.45. The maximum Gasteiger partial charge on any atom is 0.271 e. The number of nitrogens with zero attached hydrogens (tertiary/aromatic N) is 1. The molecule has 1 fully saturated rings. The zero-order valence-electron chi connectivity index (χ0n) is 13.4. The van der Waals surface area contributed by atoms with Crippen molar-refractivity contribution in [2.75, 3.05) is 0 Å². The van der Waals surface area contributed by atoms with Gasteiger partial charge >= 0.3 is 0 Å². The van der Waals surface area contributed by atoms with Crippen molar-refractivity contribution in [2.24, 2.45) is 5.10 Å². The van der Waals surface area contributed by atoms with E-state index in [1.165, 1.54) is 12.8 Å². The fourth-order valence-electron chi connectivity index (χ4n) is 2.65. The van der Waals surface area contributed by atoms with Gasteiger partial charge in [-0.05, 0) is 84.9 Å². The van der Waals surface area contributed by atoms with E-state index in [2.05, 4.69) is 26.5 Å². The number of carbonyl (C=O) groups is 1. The molecule has 1 aliphatic carbocycles. The Morgan fingerprint density at radius 3 is 2.54 bits per heavy atom. The minimum absolute atomic E-state index is 0.225.